The molecule has 2 aromatic rings. The zero-order chi connectivity index (χ0) is 18.1. The summed E-state index contributed by atoms with van der Waals surface area (Å²) >= 11 is 0. The number of rotatable bonds is 4. The first kappa shape index (κ1) is 17.1. The average molecular weight is 345 g/mol. The Bertz CT molecular complexity index is 832. The summed E-state index contributed by atoms with van der Waals surface area (Å²) in [6, 6.07) is 6.73. The van der Waals surface area contributed by atoms with Gasteiger partial charge in [0.05, 0.1) is 0 Å². The molecule has 2 atom stereocenters. The van der Waals surface area contributed by atoms with E-state index in [4.69, 9.17) is 11.1 Å². The number of nitrogen functional groups attached to an aromatic ring is 1. The summed E-state index contributed by atoms with van der Waals surface area (Å²) in [7, 11) is 4.00. The second kappa shape index (κ2) is 6.64. The van der Waals surface area contributed by atoms with Crippen LogP contribution in [0.4, 0.5) is 16.2 Å². The number of aromatic amines is 1. The molecule has 1 aliphatic rings. The highest BCUT2D eigenvalue weighted by Crippen LogP contribution is 2.32. The molecule has 7 nitrogen and oxygen atoms in total. The van der Waals surface area contributed by atoms with Crippen molar-refractivity contribution in [1.29, 1.82) is 0 Å². The molecule has 1 aromatic heterocycles. The monoisotopic (exact) mass is 345 g/mol. The van der Waals surface area contributed by atoms with E-state index in [-0.39, 0.29) is 34.7 Å². The van der Waals surface area contributed by atoms with Crippen molar-refractivity contribution < 1.29 is 9.80 Å². The molecule has 0 spiro atoms. The predicted octanol–water partition coefficient (Wildman–Crippen LogP) is -0.797. The Hall–Kier alpha value is -2.74. The molecule has 5 N–H and O–H groups in total. The summed E-state index contributed by atoms with van der Waals surface area (Å²) in [5.41, 5.74) is 6.69. The van der Waals surface area contributed by atoms with E-state index in [1.807, 2.05) is 19.0 Å². The molecule has 1 aromatic carbocycles. The number of H-pyrrole nitrogens is 1. The Kier molecular flexibility index (Phi) is 4.54. The number of likely N-dealkylation sites (N-methyl/N-ethyl adjacent to an activating group) is 1. The van der Waals surface area contributed by atoms with E-state index in [9.17, 15) is 9.18 Å². The van der Waals surface area contributed by atoms with Crippen molar-refractivity contribution >= 4 is 18.0 Å². The van der Waals surface area contributed by atoms with Crippen LogP contribution in [0.1, 0.15) is 17.0 Å². The Balaban J connectivity index is 1.94. The highest BCUT2D eigenvalue weighted by atomic mass is 19.1. The summed E-state index contributed by atoms with van der Waals surface area (Å²) in [5.74, 6) is 0.424. The molecule has 25 heavy (non-hydrogen) atoms. The van der Waals surface area contributed by atoms with Gasteiger partial charge in [0.25, 0.3) is 5.56 Å². The van der Waals surface area contributed by atoms with Crippen molar-refractivity contribution in [2.75, 3.05) is 37.8 Å². The highest BCUT2D eigenvalue weighted by Gasteiger charge is 2.36. The molecule has 0 aliphatic carbocycles. The predicted molar refractivity (Wildman–Crippen MR) is 95.2 cm³/mol. The molecule has 0 unspecified atom stereocenters. The van der Waals surface area contributed by atoms with Crippen LogP contribution in [0.25, 0.3) is 0 Å². The zero-order valence-corrected chi connectivity index (χ0v) is 14.2. The lowest BCUT2D eigenvalue weighted by atomic mass is 9.94. The van der Waals surface area contributed by atoms with Crippen molar-refractivity contribution in [3.63, 3.8) is 0 Å². The molecule has 1 aliphatic heterocycles. The summed E-state index contributed by atoms with van der Waals surface area (Å²) in [6.07, 6.45) is 1.15. The van der Waals surface area contributed by atoms with Crippen LogP contribution in [0.5, 0.6) is 0 Å². The molecular weight excluding hydrogens is 323 g/mol. The van der Waals surface area contributed by atoms with Crippen molar-refractivity contribution in [3.05, 3.63) is 51.6 Å². The van der Waals surface area contributed by atoms with Crippen LogP contribution in [0.2, 0.25) is 0 Å². The van der Waals surface area contributed by atoms with Gasteiger partial charge in [0.15, 0.2) is 6.21 Å². The van der Waals surface area contributed by atoms with E-state index in [0.29, 0.717) is 19.0 Å². The third-order valence-electron chi connectivity index (χ3n) is 4.69. The van der Waals surface area contributed by atoms with Gasteiger partial charge < -0.3 is 15.5 Å². The lowest BCUT2D eigenvalue weighted by molar-refractivity contribution is -0.104. The Morgan fingerprint density at radius 1 is 1.36 bits per heavy atom. The molecule has 0 amide bonds. The maximum absolute atomic E-state index is 13.2. The lowest BCUT2D eigenvalue weighted by Crippen LogP contribution is -2.36. The minimum absolute atomic E-state index is 0.105. The number of anilines is 2. The molecule has 132 valence electrons. The quantitative estimate of drug-likeness (QED) is 0.630. The van der Waals surface area contributed by atoms with E-state index in [2.05, 4.69) is 14.9 Å². The largest absolute Gasteiger partial charge is 0.383 e. The number of nitrogens with two attached hydrogens (primary N) is 2. The van der Waals surface area contributed by atoms with Crippen LogP contribution in [0, 0.1) is 5.82 Å². The van der Waals surface area contributed by atoms with Crippen LogP contribution in [0.3, 0.4) is 0 Å². The fourth-order valence-electron chi connectivity index (χ4n) is 3.32. The molecular formula is C17H22FN6O+. The Morgan fingerprint density at radius 2 is 2.04 bits per heavy atom. The maximum atomic E-state index is 13.2. The first-order valence-electron chi connectivity index (χ1n) is 8.02. The standard InChI is InChI=1S/C17H21FN6O/c1-23(2)14-9-24(8-13(14)10-3-5-11(18)6-4-10)17-21-15(20)12(7-19)16(25)22-17/h3-7,13-14,19H,8-9H2,1-2H3,(H3,20,21,22,25)/p+1/t13-,14+/m0/s1. The SMILES string of the molecule is CN(C)[C@@H]1CN(c2nc(N)c(C=[NH2+])c(=O)[nH]2)C[C@H]1c1ccc(F)cc1. The molecule has 2 heterocycles. The number of halogens is 1. The van der Waals surface area contributed by atoms with Crippen molar-refractivity contribution in [1.82, 2.24) is 14.9 Å². The Labute approximate surface area is 144 Å². The fourth-order valence-corrected chi connectivity index (χ4v) is 3.32. The molecule has 1 fully saturated rings. The first-order chi connectivity index (χ1) is 11.9. The van der Waals surface area contributed by atoms with Crippen molar-refractivity contribution in [2.24, 2.45) is 0 Å². The molecule has 1 saturated heterocycles. The second-order valence-electron chi connectivity index (χ2n) is 6.45. The smallest absolute Gasteiger partial charge is 0.267 e. The van der Waals surface area contributed by atoms with Crippen LogP contribution >= 0.6 is 0 Å². The van der Waals surface area contributed by atoms with Gasteiger partial charge in [0.1, 0.15) is 17.2 Å². The van der Waals surface area contributed by atoms with Crippen LogP contribution < -0.4 is 21.6 Å². The molecule has 0 saturated carbocycles. The third kappa shape index (κ3) is 3.25. The van der Waals surface area contributed by atoms with Gasteiger partial charge in [-0.2, -0.15) is 4.98 Å². The lowest BCUT2D eigenvalue weighted by Gasteiger charge is -2.25. The van der Waals surface area contributed by atoms with E-state index >= 15 is 0 Å². The minimum atomic E-state index is -0.364. The van der Waals surface area contributed by atoms with Crippen LogP contribution in [-0.2, 0) is 0 Å². The summed E-state index contributed by atoms with van der Waals surface area (Å²) in [4.78, 5) is 23.2. The van der Waals surface area contributed by atoms with E-state index in [1.165, 1.54) is 12.1 Å². The van der Waals surface area contributed by atoms with Gasteiger partial charge in [0, 0.05) is 25.0 Å². The first-order valence-corrected chi connectivity index (χ1v) is 8.02. The molecule has 3 rings (SSSR count). The number of aromatic nitrogens is 2. The zero-order valence-electron chi connectivity index (χ0n) is 14.2. The molecule has 8 heteroatoms. The van der Waals surface area contributed by atoms with Gasteiger partial charge in [-0.05, 0) is 31.8 Å². The average Bonchev–Trinajstić information content (AvgIpc) is 3.01. The van der Waals surface area contributed by atoms with Crippen LogP contribution in [-0.4, -0.2) is 54.3 Å². The number of nitrogens with zero attached hydrogens (tertiary/aromatic N) is 3. The normalized spacial score (nSPS) is 20.2. The van der Waals surface area contributed by atoms with E-state index in [0.717, 1.165) is 11.8 Å². The summed E-state index contributed by atoms with van der Waals surface area (Å²) in [5, 5.41) is 5.41. The van der Waals surface area contributed by atoms with Gasteiger partial charge in [0.2, 0.25) is 5.95 Å². The number of hydrogen-bond acceptors (Lipinski definition) is 5. The summed E-state index contributed by atoms with van der Waals surface area (Å²) < 4.78 is 13.2. The van der Waals surface area contributed by atoms with Gasteiger partial charge in [-0.15, -0.1) is 0 Å². The fraction of sp³-hybridized carbons (Fsp3) is 0.353. The number of hydrogen-bond donors (Lipinski definition) is 3. The van der Waals surface area contributed by atoms with Gasteiger partial charge in [-0.3, -0.25) is 15.2 Å². The topological polar surface area (TPSA) is 104 Å². The van der Waals surface area contributed by atoms with E-state index in [1.54, 1.807) is 12.1 Å². The minimum Gasteiger partial charge on any atom is -0.383 e. The maximum Gasteiger partial charge on any atom is 0.267 e. The third-order valence-corrected chi connectivity index (χ3v) is 4.69. The Morgan fingerprint density at radius 3 is 2.60 bits per heavy atom. The van der Waals surface area contributed by atoms with Gasteiger partial charge in [-0.25, -0.2) is 4.39 Å². The highest BCUT2D eigenvalue weighted by molar-refractivity contribution is 5.81. The number of nitrogens with one attached hydrogen (secondary N) is 1. The molecule has 0 bridgehead atoms. The van der Waals surface area contributed by atoms with Gasteiger partial charge in [-0.1, -0.05) is 12.1 Å². The van der Waals surface area contributed by atoms with Crippen molar-refractivity contribution in [2.45, 2.75) is 12.0 Å². The van der Waals surface area contributed by atoms with Crippen LogP contribution in [0.15, 0.2) is 29.1 Å². The summed E-state index contributed by atoms with van der Waals surface area (Å²) in [6.45, 7) is 1.31. The van der Waals surface area contributed by atoms with Crippen molar-refractivity contribution in [3.8, 4) is 0 Å². The second-order valence-corrected chi connectivity index (χ2v) is 6.45. The van der Waals surface area contributed by atoms with E-state index < -0.39 is 0 Å². The molecule has 0 radical (unpaired) electrons. The number of benzene rings is 1. The van der Waals surface area contributed by atoms with Gasteiger partial charge >= 0.3 is 0 Å².